The molecule has 0 amide bonds. The molecule has 19 heavy (non-hydrogen) atoms. The number of hydrogen-bond acceptors (Lipinski definition) is 4. The summed E-state index contributed by atoms with van der Waals surface area (Å²) in [5, 5.41) is 4.37. The van der Waals surface area contributed by atoms with E-state index in [-0.39, 0.29) is 6.04 Å². The zero-order valence-corrected chi connectivity index (χ0v) is 10.6. The van der Waals surface area contributed by atoms with Crippen molar-refractivity contribution in [2.24, 2.45) is 0 Å². The second kappa shape index (κ2) is 5.12. The van der Waals surface area contributed by atoms with Gasteiger partial charge in [-0.15, -0.1) is 0 Å². The Morgan fingerprint density at radius 2 is 1.89 bits per heavy atom. The Morgan fingerprint density at radius 3 is 2.68 bits per heavy atom. The van der Waals surface area contributed by atoms with Gasteiger partial charge in [0.1, 0.15) is 0 Å². The first-order chi connectivity index (χ1) is 9.38. The Morgan fingerprint density at radius 1 is 1.00 bits per heavy atom. The van der Waals surface area contributed by atoms with Crippen LogP contribution in [0.25, 0.3) is 10.9 Å². The van der Waals surface area contributed by atoms with Gasteiger partial charge in [0.2, 0.25) is 0 Å². The lowest BCUT2D eigenvalue weighted by Crippen LogP contribution is -2.20. The molecule has 1 N–H and O–H groups in total. The molecule has 1 unspecified atom stereocenters. The Labute approximate surface area is 111 Å². The maximum absolute atomic E-state index is 4.69. The van der Waals surface area contributed by atoms with Gasteiger partial charge in [0, 0.05) is 17.8 Å². The monoisotopic (exact) mass is 250 g/mol. The van der Waals surface area contributed by atoms with Crippen molar-refractivity contribution in [3.8, 4) is 0 Å². The van der Waals surface area contributed by atoms with Crippen molar-refractivity contribution in [2.75, 3.05) is 7.05 Å². The van der Waals surface area contributed by atoms with Crippen LogP contribution in [0.1, 0.15) is 17.4 Å². The van der Waals surface area contributed by atoms with Gasteiger partial charge in [-0.05, 0) is 19.2 Å². The van der Waals surface area contributed by atoms with Gasteiger partial charge in [-0.1, -0.05) is 24.3 Å². The summed E-state index contributed by atoms with van der Waals surface area (Å²) in [4.78, 5) is 13.1. The van der Waals surface area contributed by atoms with Crippen LogP contribution in [0.2, 0.25) is 0 Å². The van der Waals surface area contributed by atoms with Crippen molar-refractivity contribution in [1.29, 1.82) is 0 Å². The molecule has 0 aliphatic heterocycles. The van der Waals surface area contributed by atoms with Crippen molar-refractivity contribution < 1.29 is 0 Å². The second-order valence-electron chi connectivity index (χ2n) is 4.28. The lowest BCUT2D eigenvalue weighted by Gasteiger charge is -2.15. The predicted octanol–water partition coefficient (Wildman–Crippen LogP) is 2.33. The minimum absolute atomic E-state index is 0.0432. The average Bonchev–Trinajstić information content (AvgIpc) is 2.49. The summed E-state index contributed by atoms with van der Waals surface area (Å²) in [5.41, 5.74) is 2.80. The summed E-state index contributed by atoms with van der Waals surface area (Å²) < 4.78 is 0. The normalized spacial score (nSPS) is 12.5. The standard InChI is InChI=1S/C15H14N4/c1-16-15(14-10-17-8-9-18-14)13-7-6-11-4-2-3-5-12(11)19-13/h2-10,15-16H,1H3. The molecule has 3 aromatic rings. The van der Waals surface area contributed by atoms with E-state index in [0.717, 1.165) is 22.3 Å². The number of para-hydroxylation sites is 1. The van der Waals surface area contributed by atoms with E-state index in [2.05, 4.69) is 27.4 Å². The van der Waals surface area contributed by atoms with Crippen LogP contribution in [0, 0.1) is 0 Å². The van der Waals surface area contributed by atoms with E-state index in [1.54, 1.807) is 18.6 Å². The molecule has 0 bridgehead atoms. The highest BCUT2D eigenvalue weighted by atomic mass is 15.0. The van der Waals surface area contributed by atoms with Crippen LogP contribution in [0.5, 0.6) is 0 Å². The van der Waals surface area contributed by atoms with Crippen LogP contribution in [0.3, 0.4) is 0 Å². The molecule has 0 saturated heterocycles. The SMILES string of the molecule is CNC(c1cnccn1)c1ccc2ccccc2n1. The lowest BCUT2D eigenvalue weighted by molar-refractivity contribution is 0.650. The number of pyridine rings is 1. The Kier molecular flexibility index (Phi) is 3.16. The maximum Gasteiger partial charge on any atom is 0.0938 e. The van der Waals surface area contributed by atoms with E-state index in [9.17, 15) is 0 Å². The molecule has 0 fully saturated rings. The Balaban J connectivity index is 2.06. The van der Waals surface area contributed by atoms with Crippen molar-refractivity contribution in [1.82, 2.24) is 20.3 Å². The summed E-state index contributed by atoms with van der Waals surface area (Å²) in [6.07, 6.45) is 5.13. The van der Waals surface area contributed by atoms with Crippen molar-refractivity contribution in [3.05, 3.63) is 66.4 Å². The van der Waals surface area contributed by atoms with Gasteiger partial charge in [-0.2, -0.15) is 0 Å². The summed E-state index contributed by atoms with van der Waals surface area (Å²) in [7, 11) is 1.90. The molecule has 4 heteroatoms. The average molecular weight is 250 g/mol. The summed E-state index contributed by atoms with van der Waals surface area (Å²) in [6, 6.07) is 12.2. The number of fused-ring (bicyclic) bond motifs is 1. The molecule has 0 saturated carbocycles. The third-order valence-electron chi connectivity index (χ3n) is 3.08. The van der Waals surface area contributed by atoms with Gasteiger partial charge in [-0.25, -0.2) is 0 Å². The molecule has 0 radical (unpaired) electrons. The molecule has 0 aliphatic carbocycles. The first-order valence-corrected chi connectivity index (χ1v) is 6.17. The molecule has 1 atom stereocenters. The van der Waals surface area contributed by atoms with E-state index in [1.807, 2.05) is 31.3 Å². The Hall–Kier alpha value is -2.33. The van der Waals surface area contributed by atoms with Gasteiger partial charge in [0.05, 0.1) is 29.1 Å². The van der Waals surface area contributed by atoms with Gasteiger partial charge >= 0.3 is 0 Å². The fraction of sp³-hybridized carbons (Fsp3) is 0.133. The van der Waals surface area contributed by atoms with Crippen LogP contribution in [0.15, 0.2) is 55.0 Å². The first kappa shape index (κ1) is 11.7. The fourth-order valence-corrected chi connectivity index (χ4v) is 2.15. The Bertz CT molecular complexity index is 682. The molecule has 0 spiro atoms. The van der Waals surface area contributed by atoms with Crippen LogP contribution in [0.4, 0.5) is 0 Å². The van der Waals surface area contributed by atoms with Crippen molar-refractivity contribution >= 4 is 10.9 Å². The molecule has 1 aromatic carbocycles. The van der Waals surface area contributed by atoms with E-state index >= 15 is 0 Å². The first-order valence-electron chi connectivity index (χ1n) is 6.17. The van der Waals surface area contributed by atoms with Gasteiger partial charge in [0.15, 0.2) is 0 Å². The van der Waals surface area contributed by atoms with Crippen molar-refractivity contribution in [2.45, 2.75) is 6.04 Å². The molecular weight excluding hydrogens is 236 g/mol. The topological polar surface area (TPSA) is 50.7 Å². The number of nitrogens with zero attached hydrogens (tertiary/aromatic N) is 3. The van der Waals surface area contributed by atoms with Gasteiger partial charge in [-0.3, -0.25) is 15.0 Å². The highest BCUT2D eigenvalue weighted by Crippen LogP contribution is 2.20. The third kappa shape index (κ3) is 2.30. The molecule has 2 aromatic heterocycles. The van der Waals surface area contributed by atoms with Gasteiger partial charge in [0.25, 0.3) is 0 Å². The molecule has 3 rings (SSSR count). The van der Waals surface area contributed by atoms with Gasteiger partial charge < -0.3 is 5.32 Å². The van der Waals surface area contributed by atoms with E-state index in [4.69, 9.17) is 4.98 Å². The second-order valence-corrected chi connectivity index (χ2v) is 4.28. The summed E-state index contributed by atoms with van der Waals surface area (Å²) in [6.45, 7) is 0. The lowest BCUT2D eigenvalue weighted by atomic mass is 10.1. The number of aromatic nitrogens is 3. The number of benzene rings is 1. The molecule has 94 valence electrons. The zero-order chi connectivity index (χ0) is 13.1. The van der Waals surface area contributed by atoms with Crippen LogP contribution in [-0.2, 0) is 0 Å². The molecule has 4 nitrogen and oxygen atoms in total. The van der Waals surface area contributed by atoms with Crippen LogP contribution >= 0.6 is 0 Å². The van der Waals surface area contributed by atoms with Crippen LogP contribution in [-0.4, -0.2) is 22.0 Å². The predicted molar refractivity (Wildman–Crippen MR) is 74.7 cm³/mol. The minimum atomic E-state index is -0.0432. The number of hydrogen-bond donors (Lipinski definition) is 1. The van der Waals surface area contributed by atoms with E-state index in [1.165, 1.54) is 0 Å². The third-order valence-corrected chi connectivity index (χ3v) is 3.08. The largest absolute Gasteiger partial charge is 0.307 e. The zero-order valence-electron chi connectivity index (χ0n) is 10.6. The quantitative estimate of drug-likeness (QED) is 0.775. The highest BCUT2D eigenvalue weighted by molar-refractivity contribution is 5.78. The molecule has 0 aliphatic rings. The maximum atomic E-state index is 4.69. The number of nitrogens with one attached hydrogen (secondary N) is 1. The smallest absolute Gasteiger partial charge is 0.0938 e. The number of rotatable bonds is 3. The minimum Gasteiger partial charge on any atom is -0.307 e. The fourth-order valence-electron chi connectivity index (χ4n) is 2.15. The molecule has 2 heterocycles. The van der Waals surface area contributed by atoms with Crippen molar-refractivity contribution in [3.63, 3.8) is 0 Å². The molecular formula is C15H14N4. The summed E-state index contributed by atoms with van der Waals surface area (Å²) in [5.74, 6) is 0. The van der Waals surface area contributed by atoms with E-state index < -0.39 is 0 Å². The summed E-state index contributed by atoms with van der Waals surface area (Å²) >= 11 is 0. The highest BCUT2D eigenvalue weighted by Gasteiger charge is 2.15. The van der Waals surface area contributed by atoms with E-state index in [0.29, 0.717) is 0 Å². The van der Waals surface area contributed by atoms with Crippen LogP contribution < -0.4 is 5.32 Å².